The molecule has 6 rings (SSSR count). The smallest absolute Gasteiger partial charge is 0.269 e. The zero-order valence-electron chi connectivity index (χ0n) is 19.8. The number of benzene rings is 3. The van der Waals surface area contributed by atoms with E-state index in [0.29, 0.717) is 37.9 Å². The van der Waals surface area contributed by atoms with Crippen molar-refractivity contribution in [1.82, 2.24) is 4.90 Å². The largest absolute Gasteiger partial charge is 0.489 e. The van der Waals surface area contributed by atoms with Gasteiger partial charge in [0.2, 0.25) is 10.8 Å². The van der Waals surface area contributed by atoms with Crippen molar-refractivity contribution in [2.45, 2.75) is 11.5 Å². The lowest BCUT2D eigenvalue weighted by Gasteiger charge is -2.35. The first kappa shape index (κ1) is 23.1. The molecule has 1 unspecified atom stereocenters. The molecule has 1 spiro atoms. The van der Waals surface area contributed by atoms with Crippen LogP contribution in [0.4, 0.5) is 11.4 Å². The van der Waals surface area contributed by atoms with E-state index in [-0.39, 0.29) is 17.6 Å². The Morgan fingerprint density at radius 3 is 2.39 bits per heavy atom. The fourth-order valence-electron chi connectivity index (χ4n) is 5.07. The summed E-state index contributed by atoms with van der Waals surface area (Å²) in [6.45, 7) is 3.82. The zero-order chi connectivity index (χ0) is 24.5. The average Bonchev–Trinajstić information content (AvgIpc) is 3.39. The van der Waals surface area contributed by atoms with Crippen molar-refractivity contribution in [2.24, 2.45) is 0 Å². The summed E-state index contributed by atoms with van der Waals surface area (Å²) in [7, 11) is 0. The van der Waals surface area contributed by atoms with Crippen LogP contribution in [0.2, 0.25) is 0 Å². The van der Waals surface area contributed by atoms with Crippen molar-refractivity contribution in [3.63, 3.8) is 0 Å². The summed E-state index contributed by atoms with van der Waals surface area (Å²) in [5, 5.41) is 0. The molecule has 0 aromatic heterocycles. The molecule has 8 heteroatoms. The summed E-state index contributed by atoms with van der Waals surface area (Å²) in [6, 6.07) is 25.3. The number of amides is 2. The number of carbonyl (C=O) groups excluding carboxylic acids is 2. The lowest BCUT2D eigenvalue weighted by molar-refractivity contribution is -0.124. The van der Waals surface area contributed by atoms with Gasteiger partial charge in [-0.25, -0.2) is 0 Å². The van der Waals surface area contributed by atoms with Gasteiger partial charge in [-0.15, -0.1) is 11.8 Å². The number of thioether (sulfide) groups is 1. The van der Waals surface area contributed by atoms with Crippen LogP contribution in [0.25, 0.3) is 0 Å². The third kappa shape index (κ3) is 3.95. The van der Waals surface area contributed by atoms with Crippen molar-refractivity contribution in [2.75, 3.05) is 48.5 Å². The van der Waals surface area contributed by atoms with E-state index in [9.17, 15) is 9.59 Å². The Balaban J connectivity index is 1.29. The van der Waals surface area contributed by atoms with Gasteiger partial charge in [-0.2, -0.15) is 0 Å². The van der Waals surface area contributed by atoms with E-state index >= 15 is 0 Å². The minimum atomic E-state index is -1.10. The predicted molar refractivity (Wildman–Crippen MR) is 140 cm³/mol. The van der Waals surface area contributed by atoms with Gasteiger partial charge in [0, 0.05) is 24.3 Å². The standard InChI is InChI=1S/C28H27N3O4S/c32-26-19-36-28(31(26)22-10-12-23(13-11-22)35-18-21-6-2-1-3-7-21)24-8-4-5-9-25(24)30(27(28)33)20-29-14-16-34-17-15-29/h1-13H,14-20H2. The van der Waals surface area contributed by atoms with E-state index in [0.717, 1.165) is 29.9 Å². The molecular weight excluding hydrogens is 474 g/mol. The minimum Gasteiger partial charge on any atom is -0.489 e. The van der Waals surface area contributed by atoms with Gasteiger partial charge in [0.25, 0.3) is 5.91 Å². The molecule has 0 saturated carbocycles. The second-order valence-electron chi connectivity index (χ2n) is 9.05. The van der Waals surface area contributed by atoms with Gasteiger partial charge in [0.1, 0.15) is 12.4 Å². The molecule has 3 heterocycles. The second kappa shape index (κ2) is 9.61. The fourth-order valence-corrected chi connectivity index (χ4v) is 6.43. The molecule has 3 aliphatic rings. The SMILES string of the molecule is O=C1CSC2(C(=O)N(CN3CCOCC3)c3ccccc32)N1c1ccc(OCc2ccccc2)cc1. The highest BCUT2D eigenvalue weighted by Crippen LogP contribution is 2.55. The van der Waals surface area contributed by atoms with E-state index in [1.165, 1.54) is 11.8 Å². The maximum absolute atomic E-state index is 14.1. The van der Waals surface area contributed by atoms with Crippen LogP contribution < -0.4 is 14.5 Å². The van der Waals surface area contributed by atoms with Crippen LogP contribution in [-0.4, -0.2) is 55.4 Å². The van der Waals surface area contributed by atoms with E-state index in [2.05, 4.69) is 4.90 Å². The third-order valence-corrected chi connectivity index (χ3v) is 8.24. The van der Waals surface area contributed by atoms with Gasteiger partial charge in [0.15, 0.2) is 0 Å². The Labute approximate surface area is 214 Å². The highest BCUT2D eigenvalue weighted by atomic mass is 32.2. The fraction of sp³-hybridized carbons (Fsp3) is 0.286. The molecule has 0 bridgehead atoms. The third-order valence-electron chi connectivity index (χ3n) is 6.85. The highest BCUT2D eigenvalue weighted by molar-refractivity contribution is 8.02. The van der Waals surface area contributed by atoms with Gasteiger partial charge in [-0.3, -0.25) is 24.3 Å². The Kier molecular flexibility index (Phi) is 6.17. The molecule has 3 aromatic rings. The number of nitrogens with zero attached hydrogens (tertiary/aromatic N) is 3. The predicted octanol–water partition coefficient (Wildman–Crippen LogP) is 3.83. The lowest BCUT2D eigenvalue weighted by atomic mass is 10.0. The molecule has 0 aliphatic carbocycles. The first-order valence-corrected chi connectivity index (χ1v) is 13.1. The first-order chi connectivity index (χ1) is 17.7. The maximum Gasteiger partial charge on any atom is 0.269 e. The van der Waals surface area contributed by atoms with Gasteiger partial charge >= 0.3 is 0 Å². The number of fused-ring (bicyclic) bond motifs is 2. The Morgan fingerprint density at radius 1 is 0.889 bits per heavy atom. The molecular formula is C28H27N3O4S. The summed E-state index contributed by atoms with van der Waals surface area (Å²) < 4.78 is 11.4. The van der Waals surface area contributed by atoms with Crippen LogP contribution in [0.1, 0.15) is 11.1 Å². The van der Waals surface area contributed by atoms with Crippen molar-refractivity contribution in [1.29, 1.82) is 0 Å². The summed E-state index contributed by atoms with van der Waals surface area (Å²) >= 11 is 1.40. The molecule has 36 heavy (non-hydrogen) atoms. The van der Waals surface area contributed by atoms with Crippen LogP contribution in [0.3, 0.4) is 0 Å². The van der Waals surface area contributed by atoms with E-state index < -0.39 is 4.87 Å². The molecule has 2 saturated heterocycles. The molecule has 7 nitrogen and oxygen atoms in total. The van der Waals surface area contributed by atoms with Crippen molar-refractivity contribution in [3.05, 3.63) is 90.0 Å². The normalized spacial score (nSPS) is 21.9. The van der Waals surface area contributed by atoms with Crippen LogP contribution in [0, 0.1) is 0 Å². The van der Waals surface area contributed by atoms with Crippen molar-refractivity contribution in [3.8, 4) is 5.75 Å². The number of anilines is 2. The number of carbonyl (C=O) groups is 2. The first-order valence-electron chi connectivity index (χ1n) is 12.1. The summed E-state index contributed by atoms with van der Waals surface area (Å²) in [5.74, 6) is 0.811. The van der Waals surface area contributed by atoms with Gasteiger partial charge in [0.05, 0.1) is 31.3 Å². The van der Waals surface area contributed by atoms with E-state index in [1.807, 2.05) is 83.8 Å². The Morgan fingerprint density at radius 2 is 1.61 bits per heavy atom. The molecule has 2 amide bonds. The van der Waals surface area contributed by atoms with Gasteiger partial charge < -0.3 is 9.47 Å². The van der Waals surface area contributed by atoms with Crippen LogP contribution >= 0.6 is 11.8 Å². The molecule has 184 valence electrons. The summed E-state index contributed by atoms with van der Waals surface area (Å²) in [4.78, 5) is 32.0. The van der Waals surface area contributed by atoms with E-state index in [4.69, 9.17) is 9.47 Å². The topological polar surface area (TPSA) is 62.3 Å². The highest BCUT2D eigenvalue weighted by Gasteiger charge is 2.61. The maximum atomic E-state index is 14.1. The molecule has 0 N–H and O–H groups in total. The second-order valence-corrected chi connectivity index (χ2v) is 10.2. The van der Waals surface area contributed by atoms with Gasteiger partial charge in [-0.05, 0) is 35.9 Å². The average molecular weight is 502 g/mol. The van der Waals surface area contributed by atoms with Crippen LogP contribution in [-0.2, 0) is 25.8 Å². The summed E-state index contributed by atoms with van der Waals surface area (Å²) in [5.41, 5.74) is 3.50. The number of para-hydroxylation sites is 1. The van der Waals surface area contributed by atoms with Crippen LogP contribution in [0.15, 0.2) is 78.9 Å². The van der Waals surface area contributed by atoms with Crippen molar-refractivity contribution < 1.29 is 19.1 Å². The zero-order valence-corrected chi connectivity index (χ0v) is 20.7. The number of hydrogen-bond acceptors (Lipinski definition) is 6. The molecule has 0 radical (unpaired) electrons. The van der Waals surface area contributed by atoms with Crippen LogP contribution in [0.5, 0.6) is 5.75 Å². The Hall–Kier alpha value is -3.33. The van der Waals surface area contributed by atoms with Gasteiger partial charge in [-0.1, -0.05) is 48.5 Å². The number of ether oxygens (including phenoxy) is 2. The Bertz CT molecular complexity index is 1260. The number of rotatable bonds is 6. The summed E-state index contributed by atoms with van der Waals surface area (Å²) in [6.07, 6.45) is 0. The number of hydrogen-bond donors (Lipinski definition) is 0. The molecule has 2 fully saturated rings. The minimum absolute atomic E-state index is 0.0737. The quantitative estimate of drug-likeness (QED) is 0.512. The van der Waals surface area contributed by atoms with Crippen molar-refractivity contribution >= 4 is 35.0 Å². The number of morpholine rings is 1. The molecule has 3 aliphatic heterocycles. The monoisotopic (exact) mass is 501 g/mol. The molecule has 1 atom stereocenters. The van der Waals surface area contributed by atoms with E-state index in [1.54, 1.807) is 4.90 Å². The molecule has 3 aromatic carbocycles. The lowest BCUT2D eigenvalue weighted by Crippen LogP contribution is -2.52.